The molecule has 5 nitrogen and oxygen atoms in total. The molecule has 1 N–H and O–H groups in total. The van der Waals surface area contributed by atoms with Gasteiger partial charge in [0.05, 0.1) is 13.6 Å². The fraction of sp³-hybridized carbons (Fsp3) is 0. The lowest BCUT2D eigenvalue weighted by atomic mass is 10.2. The summed E-state index contributed by atoms with van der Waals surface area (Å²) < 4.78 is 1.56. The smallest absolute Gasteiger partial charge is 0.292 e. The van der Waals surface area contributed by atoms with Crippen LogP contribution >= 0.6 is 43.2 Å². The molecule has 2 aromatic rings. The van der Waals surface area contributed by atoms with Crippen LogP contribution in [0.3, 0.4) is 0 Å². The minimum absolute atomic E-state index is 0.134. The largest absolute Gasteiger partial charge is 0.316 e. The lowest BCUT2D eigenvalue weighted by Crippen LogP contribution is -2.11. The predicted octanol–water partition coefficient (Wildman–Crippen LogP) is 4.43. The molecule has 8 heteroatoms. The Hall–Kier alpha value is -1.25. The van der Waals surface area contributed by atoms with Crippen LogP contribution in [0.5, 0.6) is 0 Å². The summed E-state index contributed by atoms with van der Waals surface area (Å²) >= 11 is 7.82. The highest BCUT2D eigenvalue weighted by atomic mass is 79.9. The van der Waals surface area contributed by atoms with Gasteiger partial charge >= 0.3 is 0 Å². The molecule has 0 saturated heterocycles. The van der Waals surface area contributed by atoms with E-state index in [2.05, 4.69) is 37.2 Å². The van der Waals surface area contributed by atoms with Crippen molar-refractivity contribution >= 4 is 60.5 Å². The number of hydrogen-bond acceptors (Lipinski definition) is 4. The van der Waals surface area contributed by atoms with E-state index in [0.29, 0.717) is 4.88 Å². The van der Waals surface area contributed by atoms with Crippen LogP contribution in [0.15, 0.2) is 38.6 Å². The highest BCUT2D eigenvalue weighted by molar-refractivity contribution is 9.13. The van der Waals surface area contributed by atoms with E-state index < -0.39 is 4.92 Å². The zero-order valence-electron chi connectivity index (χ0n) is 9.22. The van der Waals surface area contributed by atoms with Crippen molar-refractivity contribution in [1.29, 1.82) is 0 Å². The van der Waals surface area contributed by atoms with Gasteiger partial charge in [0.25, 0.3) is 11.6 Å². The molecule has 1 aromatic heterocycles. The van der Waals surface area contributed by atoms with Crippen molar-refractivity contribution in [3.63, 3.8) is 0 Å². The Morgan fingerprint density at radius 2 is 2.00 bits per heavy atom. The van der Waals surface area contributed by atoms with Crippen molar-refractivity contribution in [2.75, 3.05) is 5.32 Å². The number of thiophene rings is 1. The maximum absolute atomic E-state index is 12.0. The SMILES string of the molecule is O=C(Nc1ccccc1[N+](=O)[O-])c1cc(Br)c(Br)s1. The van der Waals surface area contributed by atoms with Gasteiger partial charge in [-0.05, 0) is 44.0 Å². The van der Waals surface area contributed by atoms with Crippen LogP contribution in [0.25, 0.3) is 0 Å². The molecular weight excluding hydrogens is 400 g/mol. The number of para-hydroxylation sites is 2. The average molecular weight is 406 g/mol. The zero-order chi connectivity index (χ0) is 14.0. The van der Waals surface area contributed by atoms with Gasteiger partial charge in [-0.3, -0.25) is 14.9 Å². The number of nitrogens with one attached hydrogen (secondary N) is 1. The number of rotatable bonds is 3. The summed E-state index contributed by atoms with van der Waals surface area (Å²) in [5.41, 5.74) is 0.0451. The van der Waals surface area contributed by atoms with Gasteiger partial charge in [0.2, 0.25) is 0 Å². The normalized spacial score (nSPS) is 10.2. The number of nitro groups is 1. The fourth-order valence-corrected chi connectivity index (χ4v) is 3.31. The lowest BCUT2D eigenvalue weighted by molar-refractivity contribution is -0.383. The predicted molar refractivity (Wildman–Crippen MR) is 80.8 cm³/mol. The second-order valence-electron chi connectivity index (χ2n) is 3.46. The highest BCUT2D eigenvalue weighted by Crippen LogP contribution is 2.33. The first kappa shape index (κ1) is 14.2. The van der Waals surface area contributed by atoms with Crippen LogP contribution in [0, 0.1) is 10.1 Å². The Bertz CT molecular complexity index is 638. The number of anilines is 1. The summed E-state index contributed by atoms with van der Waals surface area (Å²) in [5, 5.41) is 13.4. The van der Waals surface area contributed by atoms with Crippen molar-refractivity contribution in [2.45, 2.75) is 0 Å². The standard InChI is InChI=1S/C11H6Br2N2O3S/c12-6-5-9(19-10(6)13)11(16)14-7-3-1-2-4-8(7)15(17)18/h1-5H,(H,14,16). The first-order chi connectivity index (χ1) is 8.99. The number of amides is 1. The van der Waals surface area contributed by atoms with Crippen LogP contribution in [0.4, 0.5) is 11.4 Å². The Morgan fingerprint density at radius 1 is 1.32 bits per heavy atom. The molecule has 0 aliphatic carbocycles. The van der Waals surface area contributed by atoms with E-state index in [4.69, 9.17) is 0 Å². The van der Waals surface area contributed by atoms with E-state index in [1.165, 1.54) is 23.5 Å². The maximum Gasteiger partial charge on any atom is 0.292 e. The number of carbonyl (C=O) groups is 1. The zero-order valence-corrected chi connectivity index (χ0v) is 13.2. The summed E-state index contributed by atoms with van der Waals surface area (Å²) in [6.45, 7) is 0. The molecule has 0 radical (unpaired) electrons. The van der Waals surface area contributed by atoms with Gasteiger partial charge in [-0.1, -0.05) is 12.1 Å². The molecule has 98 valence electrons. The summed E-state index contributed by atoms with van der Waals surface area (Å²) in [5.74, 6) is -0.384. The van der Waals surface area contributed by atoms with Crippen LogP contribution in [0.1, 0.15) is 9.67 Å². The monoisotopic (exact) mass is 404 g/mol. The Kier molecular flexibility index (Phi) is 4.33. The molecule has 1 heterocycles. The maximum atomic E-state index is 12.0. The van der Waals surface area contributed by atoms with Gasteiger partial charge in [-0.15, -0.1) is 11.3 Å². The minimum Gasteiger partial charge on any atom is -0.316 e. The topological polar surface area (TPSA) is 72.2 Å². The van der Waals surface area contributed by atoms with E-state index in [1.807, 2.05) is 0 Å². The van der Waals surface area contributed by atoms with Gasteiger partial charge < -0.3 is 5.32 Å². The van der Waals surface area contributed by atoms with Crippen LogP contribution in [-0.2, 0) is 0 Å². The molecule has 0 saturated carbocycles. The van der Waals surface area contributed by atoms with Gasteiger partial charge in [-0.25, -0.2) is 0 Å². The summed E-state index contributed by atoms with van der Waals surface area (Å²) in [7, 11) is 0. The van der Waals surface area contributed by atoms with Gasteiger partial charge in [0, 0.05) is 10.5 Å². The third kappa shape index (κ3) is 3.20. The second-order valence-corrected chi connectivity index (χ2v) is 6.69. The van der Waals surface area contributed by atoms with Crippen molar-refractivity contribution in [2.24, 2.45) is 0 Å². The van der Waals surface area contributed by atoms with Crippen LogP contribution < -0.4 is 5.32 Å². The second kappa shape index (κ2) is 5.81. The summed E-state index contributed by atoms with van der Waals surface area (Å²) in [6, 6.07) is 7.66. The lowest BCUT2D eigenvalue weighted by Gasteiger charge is -2.03. The van der Waals surface area contributed by atoms with E-state index in [0.717, 1.165) is 8.26 Å². The van der Waals surface area contributed by atoms with Crippen molar-refractivity contribution < 1.29 is 9.72 Å². The molecule has 1 amide bonds. The highest BCUT2D eigenvalue weighted by Gasteiger charge is 2.17. The van der Waals surface area contributed by atoms with Gasteiger partial charge in [0.15, 0.2) is 0 Å². The number of benzene rings is 1. The third-order valence-electron chi connectivity index (χ3n) is 2.22. The van der Waals surface area contributed by atoms with Crippen LogP contribution in [0.2, 0.25) is 0 Å². The van der Waals surface area contributed by atoms with Crippen LogP contribution in [-0.4, -0.2) is 10.8 Å². The average Bonchev–Trinajstić information content (AvgIpc) is 2.70. The molecule has 19 heavy (non-hydrogen) atoms. The van der Waals surface area contributed by atoms with Gasteiger partial charge in [0.1, 0.15) is 5.69 Å². The molecule has 0 spiro atoms. The number of nitro benzene ring substituents is 1. The van der Waals surface area contributed by atoms with Crippen molar-refractivity contribution in [3.05, 3.63) is 53.6 Å². The number of hydrogen-bond donors (Lipinski definition) is 1. The number of carbonyl (C=O) groups excluding carboxylic acids is 1. The van der Waals surface area contributed by atoms with E-state index in [9.17, 15) is 14.9 Å². The molecule has 0 bridgehead atoms. The molecule has 0 unspecified atom stereocenters. The first-order valence-electron chi connectivity index (χ1n) is 4.98. The van der Waals surface area contributed by atoms with E-state index in [-0.39, 0.29) is 17.3 Å². The summed E-state index contributed by atoms with van der Waals surface area (Å²) in [6.07, 6.45) is 0. The van der Waals surface area contributed by atoms with E-state index >= 15 is 0 Å². The minimum atomic E-state index is -0.532. The molecule has 0 aliphatic rings. The molecule has 0 fully saturated rings. The Balaban J connectivity index is 2.26. The molecule has 0 aliphatic heterocycles. The third-order valence-corrected chi connectivity index (χ3v) is 5.47. The van der Waals surface area contributed by atoms with Crippen molar-refractivity contribution in [1.82, 2.24) is 0 Å². The molecule has 0 atom stereocenters. The molecule has 1 aromatic carbocycles. The number of halogens is 2. The first-order valence-corrected chi connectivity index (χ1v) is 7.39. The van der Waals surface area contributed by atoms with Gasteiger partial charge in [-0.2, -0.15) is 0 Å². The molecular formula is C11H6Br2N2O3S. The number of nitrogens with zero attached hydrogens (tertiary/aromatic N) is 1. The quantitative estimate of drug-likeness (QED) is 0.606. The molecule has 2 rings (SSSR count). The Morgan fingerprint density at radius 3 is 2.58 bits per heavy atom. The van der Waals surface area contributed by atoms with E-state index in [1.54, 1.807) is 18.2 Å². The van der Waals surface area contributed by atoms with Crippen molar-refractivity contribution in [3.8, 4) is 0 Å². The fourth-order valence-electron chi connectivity index (χ4n) is 1.38. The summed E-state index contributed by atoms with van der Waals surface area (Å²) in [4.78, 5) is 22.8. The Labute approximate surface area is 129 Å².